The maximum atomic E-state index is 13.1. The molecule has 1 amide bonds. The lowest BCUT2D eigenvalue weighted by atomic mass is 9.89. The molecule has 234 valence electrons. The van der Waals surface area contributed by atoms with Gasteiger partial charge in [0.2, 0.25) is 0 Å². The lowest BCUT2D eigenvalue weighted by Crippen LogP contribution is -2.53. The van der Waals surface area contributed by atoms with Crippen molar-refractivity contribution in [2.45, 2.75) is 24.3 Å². The van der Waals surface area contributed by atoms with Crippen LogP contribution in [-0.2, 0) is 19.9 Å². The normalized spacial score (nSPS) is 17.3. The van der Waals surface area contributed by atoms with E-state index in [1.54, 1.807) is 19.4 Å². The zero-order valence-electron chi connectivity index (χ0n) is 22.1. The molecule has 18 heteroatoms. The van der Waals surface area contributed by atoms with Gasteiger partial charge in [0.05, 0.1) is 23.6 Å². The van der Waals surface area contributed by atoms with Crippen LogP contribution in [0.5, 0.6) is 0 Å². The minimum absolute atomic E-state index is 0.00759. The highest BCUT2D eigenvalue weighted by molar-refractivity contribution is 6.29. The monoisotopic (exact) mass is 639 g/mol. The van der Waals surface area contributed by atoms with Gasteiger partial charge < -0.3 is 34.3 Å². The van der Waals surface area contributed by atoms with Gasteiger partial charge in [-0.1, -0.05) is 11.6 Å². The Balaban J connectivity index is 0.000000303. The highest BCUT2D eigenvalue weighted by Gasteiger charge is 2.50. The van der Waals surface area contributed by atoms with Crippen LogP contribution >= 0.6 is 11.6 Å². The summed E-state index contributed by atoms with van der Waals surface area (Å²) in [5, 5.41) is 14.7. The summed E-state index contributed by atoms with van der Waals surface area (Å²) in [5.74, 6) is -4.61. The Kier molecular flexibility index (Phi) is 10.0. The number of nitrogens with one attached hydrogen (secondary N) is 1. The van der Waals surface area contributed by atoms with Crippen molar-refractivity contribution in [1.82, 2.24) is 19.4 Å². The molecule has 0 aliphatic carbocycles. The summed E-state index contributed by atoms with van der Waals surface area (Å²) in [5.41, 5.74) is 2.48. The topological polar surface area (TPSA) is 141 Å². The van der Waals surface area contributed by atoms with Gasteiger partial charge in [0, 0.05) is 45.3 Å². The third kappa shape index (κ3) is 7.40. The number of rotatable bonds is 4. The van der Waals surface area contributed by atoms with E-state index in [4.69, 9.17) is 36.1 Å². The molecule has 0 saturated carbocycles. The number of carbonyl (C=O) groups is 3. The number of amides is 1. The zero-order chi connectivity index (χ0) is 32.2. The smallest absolute Gasteiger partial charge is 0.475 e. The van der Waals surface area contributed by atoms with Gasteiger partial charge in [-0.15, -0.1) is 0 Å². The molecule has 1 spiro atoms. The molecule has 3 aromatic rings. The molecule has 3 N–H and O–H groups in total. The van der Waals surface area contributed by atoms with Crippen LogP contribution in [0.2, 0.25) is 5.15 Å². The van der Waals surface area contributed by atoms with E-state index in [9.17, 15) is 31.1 Å². The number of likely N-dealkylation sites (tertiary alicyclic amines) is 1. The van der Waals surface area contributed by atoms with E-state index in [2.05, 4.69) is 31.6 Å². The van der Waals surface area contributed by atoms with E-state index in [1.165, 1.54) is 0 Å². The summed E-state index contributed by atoms with van der Waals surface area (Å²) >= 11 is 5.98. The first-order valence-corrected chi connectivity index (χ1v) is 12.5. The number of carboxylic acid groups (broad SMARTS) is 2. The van der Waals surface area contributed by atoms with Crippen LogP contribution in [-0.4, -0.2) is 93.2 Å². The number of ether oxygens (including phenoxy) is 1. The van der Waals surface area contributed by atoms with Crippen LogP contribution in [0.15, 0.2) is 48.9 Å². The minimum Gasteiger partial charge on any atom is -0.475 e. The molecule has 1 unspecified atom stereocenters. The Hall–Kier alpha value is -4.25. The Labute approximate surface area is 244 Å². The SMILES string of the molecule is COCCN1c2cccnc2-n2cccc2C12CCN(C(=O)c1c[nH]c(Cl)c1)C2.O=C(O)C(F)(F)F.O=C(O)C(F)(F)F. The molecule has 11 nitrogen and oxygen atoms in total. The molecule has 5 heterocycles. The number of hydrogen-bond donors (Lipinski definition) is 3. The lowest BCUT2D eigenvalue weighted by Gasteiger charge is -2.47. The molecule has 1 atom stereocenters. The average Bonchev–Trinajstić information content (AvgIpc) is 3.69. The predicted molar refractivity (Wildman–Crippen MR) is 138 cm³/mol. The Bertz CT molecular complexity index is 1430. The fraction of sp³-hybridized carbons (Fsp3) is 0.360. The number of carboxylic acids is 2. The van der Waals surface area contributed by atoms with Gasteiger partial charge in [-0.05, 0) is 36.8 Å². The first-order valence-electron chi connectivity index (χ1n) is 12.2. The fourth-order valence-electron chi connectivity index (χ4n) is 4.68. The number of anilines is 1. The first kappa shape index (κ1) is 33.3. The molecular formula is C25H24ClF6N5O6. The number of pyridine rings is 1. The molecule has 0 aromatic carbocycles. The molecule has 0 bridgehead atoms. The van der Waals surface area contributed by atoms with E-state index >= 15 is 0 Å². The number of H-pyrrole nitrogens is 1. The summed E-state index contributed by atoms with van der Waals surface area (Å²) in [6.07, 6.45) is -3.80. The number of halogens is 7. The third-order valence-corrected chi connectivity index (χ3v) is 6.68. The van der Waals surface area contributed by atoms with Gasteiger partial charge >= 0.3 is 24.3 Å². The van der Waals surface area contributed by atoms with Crippen LogP contribution in [0.4, 0.5) is 32.0 Å². The number of methoxy groups -OCH3 is 1. The second-order valence-electron chi connectivity index (χ2n) is 9.10. The van der Waals surface area contributed by atoms with Crippen molar-refractivity contribution in [3.05, 3.63) is 65.3 Å². The highest BCUT2D eigenvalue weighted by Crippen LogP contribution is 2.47. The molecule has 2 aliphatic rings. The van der Waals surface area contributed by atoms with Crippen molar-refractivity contribution in [2.24, 2.45) is 0 Å². The average molecular weight is 640 g/mol. The molecule has 2 aliphatic heterocycles. The predicted octanol–water partition coefficient (Wildman–Crippen LogP) is 4.33. The van der Waals surface area contributed by atoms with Crippen LogP contribution in [0.1, 0.15) is 22.5 Å². The van der Waals surface area contributed by atoms with Crippen LogP contribution < -0.4 is 4.90 Å². The van der Waals surface area contributed by atoms with E-state index in [-0.39, 0.29) is 11.4 Å². The molecule has 1 saturated heterocycles. The van der Waals surface area contributed by atoms with Crippen molar-refractivity contribution in [3.63, 3.8) is 0 Å². The third-order valence-electron chi connectivity index (χ3n) is 6.46. The fourth-order valence-corrected chi connectivity index (χ4v) is 4.86. The molecular weight excluding hydrogens is 616 g/mol. The maximum Gasteiger partial charge on any atom is 0.490 e. The maximum absolute atomic E-state index is 13.1. The number of carbonyl (C=O) groups excluding carboxylic acids is 1. The number of aromatic nitrogens is 3. The number of fused-ring (bicyclic) bond motifs is 4. The molecule has 5 rings (SSSR count). The molecule has 1 fully saturated rings. The van der Waals surface area contributed by atoms with Gasteiger partial charge in [-0.2, -0.15) is 26.3 Å². The number of alkyl halides is 6. The van der Waals surface area contributed by atoms with E-state index in [1.807, 2.05) is 29.4 Å². The van der Waals surface area contributed by atoms with E-state index in [0.717, 1.165) is 30.2 Å². The van der Waals surface area contributed by atoms with Crippen molar-refractivity contribution in [3.8, 4) is 5.82 Å². The van der Waals surface area contributed by atoms with Crippen molar-refractivity contribution in [2.75, 3.05) is 38.3 Å². The van der Waals surface area contributed by atoms with Crippen LogP contribution in [0, 0.1) is 0 Å². The Morgan fingerprint density at radius 2 is 1.72 bits per heavy atom. The summed E-state index contributed by atoms with van der Waals surface area (Å²) in [6, 6.07) is 9.92. The minimum atomic E-state index is -5.08. The Morgan fingerprint density at radius 3 is 2.26 bits per heavy atom. The molecule has 43 heavy (non-hydrogen) atoms. The van der Waals surface area contributed by atoms with Crippen molar-refractivity contribution in [1.29, 1.82) is 0 Å². The standard InChI is InChI=1S/C21H22ClN5O2.2C2HF3O2/c1-29-11-10-27-16-4-2-7-23-19(16)26-8-3-5-17(26)21(27)6-9-25(14-21)20(28)15-12-18(22)24-13-15;2*3-2(4,5)1(6)7/h2-5,7-8,12-13,24H,6,9-11,14H2,1H3;2*(H,6,7). The van der Waals surface area contributed by atoms with Crippen molar-refractivity contribution < 1.29 is 55.7 Å². The van der Waals surface area contributed by atoms with Gasteiger partial charge in [0.1, 0.15) is 10.7 Å². The zero-order valence-corrected chi connectivity index (χ0v) is 22.9. The molecule has 0 radical (unpaired) electrons. The number of hydrogen-bond acceptors (Lipinski definition) is 6. The number of nitrogens with zero attached hydrogens (tertiary/aromatic N) is 4. The van der Waals surface area contributed by atoms with E-state index < -0.39 is 24.3 Å². The molecule has 3 aromatic heterocycles. The number of aromatic amines is 1. The number of aliphatic carboxylic acids is 2. The lowest BCUT2D eigenvalue weighted by molar-refractivity contribution is -0.193. The first-order chi connectivity index (χ1) is 20.0. The second-order valence-corrected chi connectivity index (χ2v) is 9.51. The summed E-state index contributed by atoms with van der Waals surface area (Å²) in [6.45, 7) is 2.58. The highest BCUT2D eigenvalue weighted by atomic mass is 35.5. The second kappa shape index (κ2) is 12.9. The summed E-state index contributed by atoms with van der Waals surface area (Å²) in [4.78, 5) is 42.7. The van der Waals surface area contributed by atoms with E-state index in [0.29, 0.717) is 30.4 Å². The Morgan fingerprint density at radius 1 is 1.09 bits per heavy atom. The quantitative estimate of drug-likeness (QED) is 0.359. The van der Waals surface area contributed by atoms with Gasteiger partial charge in [-0.3, -0.25) is 4.79 Å². The van der Waals surface area contributed by atoms with Gasteiger partial charge in [0.15, 0.2) is 5.82 Å². The summed E-state index contributed by atoms with van der Waals surface area (Å²) < 4.78 is 71.0. The van der Waals surface area contributed by atoms with Crippen LogP contribution in [0.25, 0.3) is 5.82 Å². The largest absolute Gasteiger partial charge is 0.490 e. The van der Waals surface area contributed by atoms with Crippen LogP contribution in [0.3, 0.4) is 0 Å². The van der Waals surface area contributed by atoms with Gasteiger partial charge in [0.25, 0.3) is 5.91 Å². The van der Waals surface area contributed by atoms with Crippen molar-refractivity contribution >= 4 is 35.1 Å². The summed E-state index contributed by atoms with van der Waals surface area (Å²) in [7, 11) is 1.71. The van der Waals surface area contributed by atoms with Gasteiger partial charge in [-0.25, -0.2) is 14.6 Å².